The zero-order valence-corrected chi connectivity index (χ0v) is 15.3. The van der Waals surface area contributed by atoms with Gasteiger partial charge in [0, 0.05) is 25.3 Å². The lowest BCUT2D eigenvalue weighted by atomic mass is 10.1. The Bertz CT molecular complexity index is 487. The molecule has 0 radical (unpaired) electrons. The highest BCUT2D eigenvalue weighted by Gasteiger charge is 2.10. The van der Waals surface area contributed by atoms with E-state index >= 15 is 0 Å². The number of hydrogen-bond donors (Lipinski definition) is 1. The summed E-state index contributed by atoms with van der Waals surface area (Å²) in [6.07, 6.45) is 0.896. The molecule has 1 aromatic carbocycles. The van der Waals surface area contributed by atoms with Crippen molar-refractivity contribution in [3.05, 3.63) is 36.4 Å². The average molecular weight is 369 g/mol. The molecule has 0 aliphatic heterocycles. The van der Waals surface area contributed by atoms with Crippen molar-refractivity contribution < 1.29 is 4.74 Å². The number of hydrogen-bond acceptors (Lipinski definition) is 4. The van der Waals surface area contributed by atoms with Crippen LogP contribution in [-0.4, -0.2) is 36.7 Å². The normalized spacial score (nSPS) is 13.7. The first-order valence-electron chi connectivity index (χ1n) is 7.24. The maximum atomic E-state index is 5.17. The molecule has 0 aliphatic carbocycles. The minimum Gasteiger partial charge on any atom is -0.497 e. The van der Waals surface area contributed by atoms with Gasteiger partial charge in [-0.3, -0.25) is 5.01 Å². The van der Waals surface area contributed by atoms with E-state index in [0.717, 1.165) is 30.0 Å². The van der Waals surface area contributed by atoms with E-state index in [-0.39, 0.29) is 11.0 Å². The highest BCUT2D eigenvalue weighted by atomic mass is 79.9. The third-order valence-electron chi connectivity index (χ3n) is 3.13. The summed E-state index contributed by atoms with van der Waals surface area (Å²) < 4.78 is 5.17. The van der Waals surface area contributed by atoms with Crippen LogP contribution in [0.2, 0.25) is 0 Å². The number of anilines is 1. The fraction of sp³-hybridized carbons (Fsp3) is 0.500. The van der Waals surface area contributed by atoms with E-state index in [9.17, 15) is 0 Å². The molecule has 1 N–H and O–H groups in total. The highest BCUT2D eigenvalue weighted by Crippen LogP contribution is 2.18. The Balaban J connectivity index is 2.56. The number of methoxy groups -OCH3 is 1. The molecule has 0 amide bonds. The van der Waals surface area contributed by atoms with Crippen molar-refractivity contribution in [2.75, 3.05) is 26.0 Å². The molecule has 0 heterocycles. The molecular weight excluding hydrogens is 344 g/mol. The smallest absolute Gasteiger partial charge is 0.125 e. The minimum atomic E-state index is 0.0318. The number of alkyl halides is 1. The molecule has 0 fully saturated rings. The van der Waals surface area contributed by atoms with Gasteiger partial charge < -0.3 is 10.1 Å². The number of benzene rings is 1. The quantitative estimate of drug-likeness (QED) is 0.230. The van der Waals surface area contributed by atoms with Gasteiger partial charge in [0.1, 0.15) is 10.7 Å². The summed E-state index contributed by atoms with van der Waals surface area (Å²) in [6.45, 7) is 8.83. The van der Waals surface area contributed by atoms with Gasteiger partial charge in [0.15, 0.2) is 0 Å². The maximum Gasteiger partial charge on any atom is 0.125 e. The van der Waals surface area contributed by atoms with E-state index in [1.165, 1.54) is 0 Å². The van der Waals surface area contributed by atoms with Crippen LogP contribution in [0.1, 0.15) is 20.3 Å². The molecule has 0 bridgehead atoms. The molecule has 5 nitrogen and oxygen atoms in total. The second-order valence-electron chi connectivity index (χ2n) is 5.22. The van der Waals surface area contributed by atoms with Gasteiger partial charge in [0.25, 0.3) is 0 Å². The van der Waals surface area contributed by atoms with Gasteiger partial charge in [-0.1, -0.05) is 33.3 Å². The van der Waals surface area contributed by atoms with Crippen LogP contribution in [0.3, 0.4) is 0 Å². The summed E-state index contributed by atoms with van der Waals surface area (Å²) in [6, 6.07) is 8.08. The topological polar surface area (TPSA) is 49.2 Å². The zero-order chi connectivity index (χ0) is 16.5. The van der Waals surface area contributed by atoms with E-state index in [4.69, 9.17) is 4.74 Å². The summed E-state index contributed by atoms with van der Waals surface area (Å²) in [7, 11) is 3.58. The van der Waals surface area contributed by atoms with Gasteiger partial charge >= 0.3 is 0 Å². The second-order valence-corrected chi connectivity index (χ2v) is 6.55. The number of ether oxygens (including phenoxy) is 1. The molecule has 0 saturated heterocycles. The number of halogens is 1. The van der Waals surface area contributed by atoms with Crippen molar-refractivity contribution in [3.8, 4) is 5.75 Å². The molecular formula is C16H25BrN4O. The molecule has 1 aromatic rings. The van der Waals surface area contributed by atoms with Crippen molar-refractivity contribution >= 4 is 21.6 Å². The number of nitrogens with zero attached hydrogens (tertiary/aromatic N) is 3. The predicted molar refractivity (Wildman–Crippen MR) is 95.7 cm³/mol. The second kappa shape index (κ2) is 9.46. The molecule has 22 heavy (non-hydrogen) atoms. The molecule has 2 atom stereocenters. The Kier molecular flexibility index (Phi) is 7.95. The summed E-state index contributed by atoms with van der Waals surface area (Å²) in [5, 5.41) is 13.5. The van der Waals surface area contributed by atoms with Crippen LogP contribution >= 0.6 is 15.9 Å². The van der Waals surface area contributed by atoms with E-state index in [1.807, 2.05) is 50.2 Å². The molecule has 0 aliphatic rings. The van der Waals surface area contributed by atoms with Crippen molar-refractivity contribution in [1.82, 2.24) is 5.01 Å². The van der Waals surface area contributed by atoms with Gasteiger partial charge in [-0.15, -0.1) is 0 Å². The van der Waals surface area contributed by atoms with Crippen LogP contribution in [0.25, 0.3) is 0 Å². The molecule has 0 aromatic heterocycles. The molecule has 2 unspecified atom stereocenters. The lowest BCUT2D eigenvalue weighted by Gasteiger charge is -2.22. The van der Waals surface area contributed by atoms with Gasteiger partial charge in [-0.25, -0.2) is 0 Å². The van der Waals surface area contributed by atoms with Crippen LogP contribution in [0, 0.1) is 0 Å². The zero-order valence-electron chi connectivity index (χ0n) is 13.7. The van der Waals surface area contributed by atoms with Crippen LogP contribution in [0.5, 0.6) is 5.75 Å². The van der Waals surface area contributed by atoms with E-state index in [2.05, 4.69) is 38.2 Å². The summed E-state index contributed by atoms with van der Waals surface area (Å²) in [4.78, 5) is 0.0318. The first-order chi connectivity index (χ1) is 10.4. The Hall–Kier alpha value is -1.56. The first-order valence-corrected chi connectivity index (χ1v) is 8.16. The maximum absolute atomic E-state index is 5.17. The van der Waals surface area contributed by atoms with E-state index in [0.29, 0.717) is 0 Å². The third kappa shape index (κ3) is 6.93. The third-order valence-corrected chi connectivity index (χ3v) is 3.31. The van der Waals surface area contributed by atoms with Crippen molar-refractivity contribution in [2.45, 2.75) is 31.3 Å². The molecule has 6 heteroatoms. The lowest BCUT2D eigenvalue weighted by Crippen LogP contribution is -2.26. The Labute approximate surface area is 141 Å². The number of rotatable bonds is 9. The Morgan fingerprint density at radius 1 is 1.41 bits per heavy atom. The van der Waals surface area contributed by atoms with Crippen LogP contribution in [0.15, 0.2) is 46.8 Å². The standard InChI is InChI=1S/C16H25BrN4O/c1-12(2)16(10-11-21(4)20-19-13(3)17)18-14-6-8-15(22-5)9-7-14/h6-9,13,16,18H,1,10-11H2,2-5H3/b20-19-. The first kappa shape index (κ1) is 18.5. The van der Waals surface area contributed by atoms with Gasteiger partial charge in [0.05, 0.1) is 7.11 Å². The largest absolute Gasteiger partial charge is 0.497 e. The van der Waals surface area contributed by atoms with Crippen molar-refractivity contribution in [2.24, 2.45) is 10.3 Å². The molecule has 1 rings (SSSR count). The molecule has 0 saturated carbocycles. The molecule has 0 spiro atoms. The van der Waals surface area contributed by atoms with Gasteiger partial charge in [0.2, 0.25) is 0 Å². The van der Waals surface area contributed by atoms with E-state index in [1.54, 1.807) is 7.11 Å². The average Bonchev–Trinajstić information content (AvgIpc) is 2.49. The van der Waals surface area contributed by atoms with Gasteiger partial charge in [-0.05, 0) is 44.5 Å². The van der Waals surface area contributed by atoms with E-state index < -0.39 is 0 Å². The number of nitrogens with one attached hydrogen (secondary N) is 1. The van der Waals surface area contributed by atoms with Crippen molar-refractivity contribution in [3.63, 3.8) is 0 Å². The Morgan fingerprint density at radius 3 is 2.55 bits per heavy atom. The highest BCUT2D eigenvalue weighted by molar-refractivity contribution is 9.09. The summed E-state index contributed by atoms with van der Waals surface area (Å²) >= 11 is 3.34. The van der Waals surface area contributed by atoms with Crippen LogP contribution in [0.4, 0.5) is 5.69 Å². The van der Waals surface area contributed by atoms with Gasteiger partial charge in [-0.2, -0.15) is 5.11 Å². The SMILES string of the molecule is C=C(C)C(CCN(C)/N=N\C(C)Br)Nc1ccc(OC)cc1. The lowest BCUT2D eigenvalue weighted by molar-refractivity contribution is 0.316. The fourth-order valence-electron chi connectivity index (χ4n) is 1.85. The summed E-state index contributed by atoms with van der Waals surface area (Å²) in [5.41, 5.74) is 2.14. The van der Waals surface area contributed by atoms with Crippen LogP contribution < -0.4 is 10.1 Å². The monoisotopic (exact) mass is 368 g/mol. The van der Waals surface area contributed by atoms with Crippen LogP contribution in [-0.2, 0) is 0 Å². The minimum absolute atomic E-state index is 0.0318. The van der Waals surface area contributed by atoms with Crippen molar-refractivity contribution in [1.29, 1.82) is 0 Å². The summed E-state index contributed by atoms with van der Waals surface area (Å²) in [5.74, 6) is 0.849. The predicted octanol–water partition coefficient (Wildman–Crippen LogP) is 4.48. The fourth-order valence-corrected chi connectivity index (χ4v) is 1.93. The molecule has 122 valence electrons. The Morgan fingerprint density at radius 2 is 2.05 bits per heavy atom.